The van der Waals surface area contributed by atoms with Crippen LogP contribution in [-0.4, -0.2) is 40.5 Å². The topological polar surface area (TPSA) is 87.7 Å². The fourth-order valence-electron chi connectivity index (χ4n) is 2.44. The molecular weight excluding hydrogens is 358 g/mol. The Bertz CT molecular complexity index is 732. The third kappa shape index (κ3) is 6.95. The molecule has 28 heavy (non-hydrogen) atoms. The first-order valence-corrected chi connectivity index (χ1v) is 9.10. The number of rotatable bonds is 6. The summed E-state index contributed by atoms with van der Waals surface area (Å²) in [5.41, 5.74) is -0.140. The summed E-state index contributed by atoms with van der Waals surface area (Å²) < 4.78 is 5.17. The molecule has 0 saturated carbocycles. The summed E-state index contributed by atoms with van der Waals surface area (Å²) in [6, 6.07) is 8.89. The summed E-state index contributed by atoms with van der Waals surface area (Å²) in [6.45, 7) is 10.3. The van der Waals surface area contributed by atoms with Crippen molar-refractivity contribution in [3.63, 3.8) is 0 Å². The third-order valence-corrected chi connectivity index (χ3v) is 3.53. The normalized spacial score (nSPS) is 13.1. The third-order valence-electron chi connectivity index (χ3n) is 3.53. The lowest BCUT2D eigenvalue weighted by Gasteiger charge is -2.29. The zero-order valence-electron chi connectivity index (χ0n) is 17.3. The zero-order chi connectivity index (χ0) is 21.5. The number of ether oxygens (including phenoxy) is 1. The van der Waals surface area contributed by atoms with Crippen molar-refractivity contribution in [1.29, 1.82) is 0 Å². The molecule has 2 N–H and O–H groups in total. The van der Waals surface area contributed by atoms with Crippen molar-refractivity contribution in [1.82, 2.24) is 15.5 Å². The van der Waals surface area contributed by atoms with Crippen LogP contribution < -0.4 is 10.6 Å². The van der Waals surface area contributed by atoms with Gasteiger partial charge in [0, 0.05) is 12.1 Å². The van der Waals surface area contributed by atoms with Crippen LogP contribution in [0.2, 0.25) is 0 Å². The van der Waals surface area contributed by atoms with E-state index in [0.717, 1.165) is 4.90 Å². The number of nitrogens with zero attached hydrogens (tertiary/aromatic N) is 1. The minimum absolute atomic E-state index is 0.134. The zero-order valence-corrected chi connectivity index (χ0v) is 17.3. The number of alkyl carbamates (subject to hydrolysis) is 1. The molecule has 0 aliphatic heterocycles. The van der Waals surface area contributed by atoms with Crippen molar-refractivity contribution in [3.05, 3.63) is 35.9 Å². The number of carbonyl (C=O) groups is 3. The van der Waals surface area contributed by atoms with E-state index in [1.807, 2.05) is 13.8 Å². The maximum atomic E-state index is 12.9. The number of benzene rings is 1. The van der Waals surface area contributed by atoms with E-state index < -0.39 is 35.6 Å². The van der Waals surface area contributed by atoms with Crippen molar-refractivity contribution in [3.8, 4) is 12.5 Å². The molecule has 0 aromatic heterocycles. The largest absolute Gasteiger partial charge is 0.444 e. The summed E-state index contributed by atoms with van der Waals surface area (Å²) in [5.74, 6) is -1.00. The molecule has 7 nitrogen and oxygen atoms in total. The van der Waals surface area contributed by atoms with E-state index in [0.29, 0.717) is 5.56 Å². The Hall–Kier alpha value is -3.01. The van der Waals surface area contributed by atoms with Crippen LogP contribution in [0.4, 0.5) is 4.79 Å². The van der Waals surface area contributed by atoms with E-state index in [9.17, 15) is 14.4 Å². The molecule has 2 unspecified atom stereocenters. The van der Waals surface area contributed by atoms with Crippen LogP contribution in [0.1, 0.15) is 53.1 Å². The molecule has 2 atom stereocenters. The predicted molar refractivity (Wildman–Crippen MR) is 107 cm³/mol. The second kappa shape index (κ2) is 9.79. The highest BCUT2D eigenvalue weighted by Gasteiger charge is 2.34. The summed E-state index contributed by atoms with van der Waals surface area (Å²) in [4.78, 5) is 38.7. The molecule has 1 aromatic carbocycles. The standard InChI is InChI=1S/C21H29N3O4/c1-8-24(19(26)15(4)23-20(27)28-21(5,6)7)17(18(25)22-14(2)3)16-12-10-9-11-13-16/h1,9-15,17H,2-7H3,(H,22,25)(H,23,27). The Morgan fingerprint density at radius 3 is 2.11 bits per heavy atom. The van der Waals surface area contributed by atoms with Gasteiger partial charge in [-0.3, -0.25) is 14.5 Å². The Morgan fingerprint density at radius 2 is 1.64 bits per heavy atom. The van der Waals surface area contributed by atoms with Crippen molar-refractivity contribution < 1.29 is 19.1 Å². The average molecular weight is 387 g/mol. The van der Waals surface area contributed by atoms with E-state index in [1.54, 1.807) is 51.1 Å². The summed E-state index contributed by atoms with van der Waals surface area (Å²) in [7, 11) is 0. The molecular formula is C21H29N3O4. The van der Waals surface area contributed by atoms with Gasteiger partial charge < -0.3 is 15.4 Å². The van der Waals surface area contributed by atoms with E-state index in [1.165, 1.54) is 6.92 Å². The molecule has 1 rings (SSSR count). The maximum absolute atomic E-state index is 12.9. The second-order valence-corrected chi connectivity index (χ2v) is 7.68. The van der Waals surface area contributed by atoms with E-state index in [4.69, 9.17) is 11.2 Å². The lowest BCUT2D eigenvalue weighted by molar-refractivity contribution is -0.138. The Morgan fingerprint density at radius 1 is 1.07 bits per heavy atom. The number of nitrogens with one attached hydrogen (secondary N) is 2. The van der Waals surface area contributed by atoms with Gasteiger partial charge in [0.15, 0.2) is 0 Å². The highest BCUT2D eigenvalue weighted by molar-refractivity contribution is 5.93. The van der Waals surface area contributed by atoms with Gasteiger partial charge in [-0.25, -0.2) is 4.79 Å². The molecule has 0 radical (unpaired) electrons. The van der Waals surface area contributed by atoms with Crippen LogP contribution in [0.25, 0.3) is 0 Å². The molecule has 0 heterocycles. The highest BCUT2D eigenvalue weighted by atomic mass is 16.6. The van der Waals surface area contributed by atoms with Gasteiger partial charge in [0.25, 0.3) is 5.91 Å². The minimum atomic E-state index is -1.02. The highest BCUT2D eigenvalue weighted by Crippen LogP contribution is 2.22. The van der Waals surface area contributed by atoms with Gasteiger partial charge in [-0.1, -0.05) is 36.8 Å². The van der Waals surface area contributed by atoms with Crippen molar-refractivity contribution in [2.24, 2.45) is 0 Å². The molecule has 0 spiro atoms. The van der Waals surface area contributed by atoms with Crippen LogP contribution in [0.15, 0.2) is 30.3 Å². The van der Waals surface area contributed by atoms with Crippen LogP contribution in [-0.2, 0) is 14.3 Å². The van der Waals surface area contributed by atoms with Gasteiger partial charge >= 0.3 is 6.09 Å². The predicted octanol–water partition coefficient (Wildman–Crippen LogP) is 2.58. The summed E-state index contributed by atoms with van der Waals surface area (Å²) >= 11 is 0. The summed E-state index contributed by atoms with van der Waals surface area (Å²) in [6.07, 6.45) is 4.84. The Kier molecular flexibility index (Phi) is 8.05. The molecule has 0 aliphatic rings. The summed E-state index contributed by atoms with van der Waals surface area (Å²) in [5, 5.41) is 5.24. The van der Waals surface area contributed by atoms with Gasteiger partial charge in [-0.05, 0) is 47.1 Å². The van der Waals surface area contributed by atoms with Gasteiger partial charge in [0.1, 0.15) is 17.7 Å². The molecule has 0 aliphatic carbocycles. The lowest BCUT2D eigenvalue weighted by Crippen LogP contribution is -2.50. The lowest BCUT2D eigenvalue weighted by atomic mass is 10.0. The number of carbonyl (C=O) groups excluding carboxylic acids is 3. The molecule has 3 amide bonds. The van der Waals surface area contributed by atoms with E-state index >= 15 is 0 Å². The maximum Gasteiger partial charge on any atom is 0.408 e. The van der Waals surface area contributed by atoms with Gasteiger partial charge in [-0.15, -0.1) is 0 Å². The number of amides is 3. The van der Waals surface area contributed by atoms with Gasteiger partial charge in [0.2, 0.25) is 5.91 Å². The smallest absolute Gasteiger partial charge is 0.408 e. The minimum Gasteiger partial charge on any atom is -0.444 e. The van der Waals surface area contributed by atoms with Crippen molar-refractivity contribution in [2.45, 2.75) is 65.3 Å². The molecule has 0 bridgehead atoms. The van der Waals surface area contributed by atoms with Crippen molar-refractivity contribution >= 4 is 17.9 Å². The molecule has 7 heteroatoms. The van der Waals surface area contributed by atoms with Crippen LogP contribution in [0, 0.1) is 12.5 Å². The van der Waals surface area contributed by atoms with Crippen LogP contribution in [0.5, 0.6) is 0 Å². The second-order valence-electron chi connectivity index (χ2n) is 7.68. The Labute approximate surface area is 166 Å². The average Bonchev–Trinajstić information content (AvgIpc) is 2.57. The fraction of sp³-hybridized carbons (Fsp3) is 0.476. The Balaban J connectivity index is 3.09. The van der Waals surface area contributed by atoms with Gasteiger partial charge in [-0.2, -0.15) is 0 Å². The number of hydrogen-bond acceptors (Lipinski definition) is 4. The first kappa shape index (κ1) is 23.0. The number of terminal acetylenes is 1. The van der Waals surface area contributed by atoms with Crippen molar-refractivity contribution in [2.75, 3.05) is 0 Å². The molecule has 1 aromatic rings. The van der Waals surface area contributed by atoms with E-state index in [2.05, 4.69) is 16.7 Å². The first-order valence-electron chi connectivity index (χ1n) is 9.10. The van der Waals surface area contributed by atoms with E-state index in [-0.39, 0.29) is 6.04 Å². The quantitative estimate of drug-likeness (QED) is 0.580. The van der Waals surface area contributed by atoms with Crippen LogP contribution >= 0.6 is 0 Å². The van der Waals surface area contributed by atoms with Gasteiger partial charge in [0.05, 0.1) is 0 Å². The molecule has 0 fully saturated rings. The SMILES string of the molecule is C#CN(C(=O)C(C)NC(=O)OC(C)(C)C)C(C(=O)NC(C)C)c1ccccc1. The molecule has 152 valence electrons. The monoisotopic (exact) mass is 387 g/mol. The fourth-order valence-corrected chi connectivity index (χ4v) is 2.44. The van der Waals surface area contributed by atoms with Crippen LogP contribution in [0.3, 0.4) is 0 Å². The first-order chi connectivity index (χ1) is 13.0. The molecule has 0 saturated heterocycles. The number of hydrogen-bond donors (Lipinski definition) is 2.